The van der Waals surface area contributed by atoms with Gasteiger partial charge in [-0.2, -0.15) is 0 Å². The molecular weight excluding hydrogens is 218 g/mol. The molecule has 0 N–H and O–H groups in total. The van der Waals surface area contributed by atoms with Crippen molar-refractivity contribution >= 4 is 17.3 Å². The first kappa shape index (κ1) is 10.2. The van der Waals surface area contributed by atoms with Crippen molar-refractivity contribution in [3.8, 4) is 5.75 Å². The maximum atomic E-state index is 10.6. The predicted molar refractivity (Wildman–Crippen MR) is 56.5 cm³/mol. The van der Waals surface area contributed by atoms with Crippen molar-refractivity contribution < 1.29 is 9.66 Å². The summed E-state index contributed by atoms with van der Waals surface area (Å²) in [4.78, 5) is 10.1. The van der Waals surface area contributed by atoms with E-state index >= 15 is 0 Å². The van der Waals surface area contributed by atoms with E-state index < -0.39 is 4.92 Å². The molecule has 0 aliphatic carbocycles. The van der Waals surface area contributed by atoms with E-state index in [9.17, 15) is 10.1 Å². The Kier molecular flexibility index (Phi) is 2.12. The molecule has 1 aliphatic heterocycles. The van der Waals surface area contributed by atoms with Gasteiger partial charge < -0.3 is 4.74 Å². The Morgan fingerprint density at radius 2 is 2.20 bits per heavy atom. The lowest BCUT2D eigenvalue weighted by Gasteiger charge is -2.17. The summed E-state index contributed by atoms with van der Waals surface area (Å²) in [6.07, 6.45) is 0.722. The molecule has 1 aromatic carbocycles. The van der Waals surface area contributed by atoms with E-state index in [4.69, 9.17) is 16.3 Å². The molecule has 0 saturated heterocycles. The fourth-order valence-electron chi connectivity index (χ4n) is 1.75. The second kappa shape index (κ2) is 3.10. The SMILES string of the molecule is CC1(C)Cc2ccc([N+](=O)[O-])c(Cl)c2O1. The number of ether oxygens (including phenoxy) is 1. The molecule has 80 valence electrons. The molecule has 0 radical (unpaired) electrons. The van der Waals surface area contributed by atoms with Crippen LogP contribution in [0.1, 0.15) is 19.4 Å². The van der Waals surface area contributed by atoms with Gasteiger partial charge in [0.25, 0.3) is 5.69 Å². The van der Waals surface area contributed by atoms with Crippen LogP contribution in [-0.2, 0) is 6.42 Å². The molecule has 4 nitrogen and oxygen atoms in total. The standard InChI is InChI=1S/C10H10ClNO3/c1-10(2)5-6-3-4-7(12(13)14)8(11)9(6)15-10/h3-4H,5H2,1-2H3. The molecule has 0 atom stereocenters. The molecule has 2 rings (SSSR count). The van der Waals surface area contributed by atoms with Gasteiger partial charge in [-0.05, 0) is 19.9 Å². The molecule has 5 heteroatoms. The van der Waals surface area contributed by atoms with Crippen molar-refractivity contribution in [2.45, 2.75) is 25.9 Å². The van der Waals surface area contributed by atoms with Gasteiger partial charge in [-0.1, -0.05) is 11.6 Å². The van der Waals surface area contributed by atoms with Gasteiger partial charge in [-0.3, -0.25) is 10.1 Å². The molecule has 0 spiro atoms. The van der Waals surface area contributed by atoms with E-state index in [-0.39, 0.29) is 16.3 Å². The number of fused-ring (bicyclic) bond motifs is 1. The van der Waals surface area contributed by atoms with Crippen LogP contribution in [0.3, 0.4) is 0 Å². The van der Waals surface area contributed by atoms with Gasteiger partial charge in [0, 0.05) is 18.1 Å². The molecule has 1 heterocycles. The van der Waals surface area contributed by atoms with Gasteiger partial charge >= 0.3 is 0 Å². The molecule has 0 unspecified atom stereocenters. The van der Waals surface area contributed by atoms with Crippen molar-refractivity contribution in [3.63, 3.8) is 0 Å². The topological polar surface area (TPSA) is 52.4 Å². The molecule has 0 bridgehead atoms. The molecule has 1 aliphatic rings. The summed E-state index contributed by atoms with van der Waals surface area (Å²) in [5.74, 6) is 0.455. The van der Waals surface area contributed by atoms with E-state index in [1.807, 2.05) is 13.8 Å². The van der Waals surface area contributed by atoms with Crippen molar-refractivity contribution in [1.29, 1.82) is 0 Å². The Hall–Kier alpha value is -1.29. The monoisotopic (exact) mass is 227 g/mol. The van der Waals surface area contributed by atoms with Gasteiger partial charge in [0.1, 0.15) is 11.4 Å². The Labute approximate surface area is 92.0 Å². The van der Waals surface area contributed by atoms with Gasteiger partial charge in [-0.15, -0.1) is 0 Å². The third-order valence-corrected chi connectivity index (χ3v) is 2.71. The van der Waals surface area contributed by atoms with Crippen molar-refractivity contribution in [3.05, 3.63) is 32.8 Å². The zero-order valence-electron chi connectivity index (χ0n) is 8.41. The summed E-state index contributed by atoms with van der Waals surface area (Å²) < 4.78 is 5.58. The van der Waals surface area contributed by atoms with Crippen LogP contribution in [-0.4, -0.2) is 10.5 Å². The zero-order chi connectivity index (χ0) is 11.2. The average Bonchev–Trinajstić information content (AvgIpc) is 2.40. The summed E-state index contributed by atoms with van der Waals surface area (Å²) in [6, 6.07) is 3.13. The lowest BCUT2D eigenvalue weighted by atomic mass is 10.0. The summed E-state index contributed by atoms with van der Waals surface area (Å²) in [5, 5.41) is 10.7. The summed E-state index contributed by atoms with van der Waals surface area (Å²) >= 11 is 5.91. The minimum atomic E-state index is -0.503. The lowest BCUT2D eigenvalue weighted by molar-refractivity contribution is -0.384. The number of halogens is 1. The van der Waals surface area contributed by atoms with Gasteiger partial charge in [0.2, 0.25) is 0 Å². The van der Waals surface area contributed by atoms with Crippen LogP contribution in [0.4, 0.5) is 5.69 Å². The van der Waals surface area contributed by atoms with Gasteiger partial charge in [0.05, 0.1) is 4.92 Å². The van der Waals surface area contributed by atoms with E-state index in [1.165, 1.54) is 6.07 Å². The van der Waals surface area contributed by atoms with Gasteiger partial charge in [0.15, 0.2) is 5.02 Å². The van der Waals surface area contributed by atoms with Crippen molar-refractivity contribution in [2.24, 2.45) is 0 Å². The Morgan fingerprint density at radius 3 is 2.80 bits per heavy atom. The van der Waals surface area contributed by atoms with E-state index in [0.29, 0.717) is 5.75 Å². The Balaban J connectivity index is 2.53. The van der Waals surface area contributed by atoms with Crippen LogP contribution >= 0.6 is 11.6 Å². The van der Waals surface area contributed by atoms with Crippen LogP contribution < -0.4 is 4.74 Å². The molecule has 0 amide bonds. The summed E-state index contributed by atoms with van der Waals surface area (Å²) in [6.45, 7) is 3.85. The predicted octanol–water partition coefficient (Wildman–Crippen LogP) is 2.96. The molecule has 1 aromatic rings. The molecule has 0 saturated carbocycles. The second-order valence-corrected chi connectivity index (χ2v) is 4.56. The maximum absolute atomic E-state index is 10.6. The minimum Gasteiger partial charge on any atom is -0.485 e. The third kappa shape index (κ3) is 1.65. The van der Waals surface area contributed by atoms with E-state index in [1.54, 1.807) is 6.07 Å². The highest BCUT2D eigenvalue weighted by atomic mass is 35.5. The minimum absolute atomic E-state index is 0.100. The molecule has 0 fully saturated rings. The largest absolute Gasteiger partial charge is 0.485 e. The molecule has 15 heavy (non-hydrogen) atoms. The van der Waals surface area contributed by atoms with E-state index in [2.05, 4.69) is 0 Å². The van der Waals surface area contributed by atoms with Crippen LogP contribution in [0, 0.1) is 10.1 Å². The lowest BCUT2D eigenvalue weighted by Crippen LogP contribution is -2.24. The highest BCUT2D eigenvalue weighted by molar-refractivity contribution is 6.34. The number of nitrogens with zero attached hydrogens (tertiary/aromatic N) is 1. The second-order valence-electron chi connectivity index (χ2n) is 4.18. The van der Waals surface area contributed by atoms with Crippen LogP contribution in [0.15, 0.2) is 12.1 Å². The summed E-state index contributed by atoms with van der Waals surface area (Å²) in [7, 11) is 0. The number of rotatable bonds is 1. The maximum Gasteiger partial charge on any atom is 0.291 e. The Morgan fingerprint density at radius 1 is 1.53 bits per heavy atom. The highest BCUT2D eigenvalue weighted by Gasteiger charge is 2.34. The average molecular weight is 228 g/mol. The van der Waals surface area contributed by atoms with Crippen molar-refractivity contribution in [1.82, 2.24) is 0 Å². The fraction of sp³-hybridized carbons (Fsp3) is 0.400. The first-order chi connectivity index (χ1) is 6.91. The third-order valence-electron chi connectivity index (χ3n) is 2.35. The normalized spacial score (nSPS) is 17.0. The first-order valence-electron chi connectivity index (χ1n) is 4.55. The number of hydrogen-bond donors (Lipinski definition) is 0. The first-order valence-corrected chi connectivity index (χ1v) is 4.93. The van der Waals surface area contributed by atoms with E-state index in [0.717, 1.165) is 12.0 Å². The molecular formula is C10H10ClNO3. The summed E-state index contributed by atoms with van der Waals surface area (Å²) in [5.41, 5.74) is 0.491. The van der Waals surface area contributed by atoms with Crippen LogP contribution in [0.5, 0.6) is 5.75 Å². The quantitative estimate of drug-likeness (QED) is 0.548. The van der Waals surface area contributed by atoms with Crippen LogP contribution in [0.2, 0.25) is 5.02 Å². The highest BCUT2D eigenvalue weighted by Crippen LogP contribution is 2.44. The van der Waals surface area contributed by atoms with Crippen molar-refractivity contribution in [2.75, 3.05) is 0 Å². The number of hydrogen-bond acceptors (Lipinski definition) is 3. The smallest absolute Gasteiger partial charge is 0.291 e. The van der Waals surface area contributed by atoms with Crippen LogP contribution in [0.25, 0.3) is 0 Å². The van der Waals surface area contributed by atoms with Gasteiger partial charge in [-0.25, -0.2) is 0 Å². The fourth-order valence-corrected chi connectivity index (χ4v) is 2.04. The Bertz CT molecular complexity index is 443. The zero-order valence-corrected chi connectivity index (χ0v) is 9.17. The molecule has 0 aromatic heterocycles. The number of nitro benzene ring substituents is 1. The number of benzene rings is 1. The number of nitro groups is 1.